The number of anilines is 2. The number of hydrogen-bond donors (Lipinski definition) is 2. The number of para-hydroxylation sites is 1. The first-order valence-electron chi connectivity index (χ1n) is 7.64. The monoisotopic (exact) mass is 328 g/mol. The summed E-state index contributed by atoms with van der Waals surface area (Å²) in [5.41, 5.74) is 6.05. The molecule has 5 nitrogen and oxygen atoms in total. The van der Waals surface area contributed by atoms with E-state index in [1.807, 2.05) is 53.5 Å². The molecular weight excluding hydrogens is 312 g/mol. The number of amidine groups is 1. The lowest BCUT2D eigenvalue weighted by molar-refractivity contribution is 0.105. The third kappa shape index (κ3) is 2.42. The Morgan fingerprint density at radius 2 is 2.04 bits per heavy atom. The molecule has 23 heavy (non-hydrogen) atoms. The van der Waals surface area contributed by atoms with E-state index < -0.39 is 0 Å². The molecule has 2 aliphatic heterocycles. The van der Waals surface area contributed by atoms with Gasteiger partial charge in [-0.3, -0.25) is 0 Å². The molecule has 6 heteroatoms. The Morgan fingerprint density at radius 1 is 1.22 bits per heavy atom. The maximum atomic E-state index is 9.46. The average Bonchev–Trinajstić information content (AvgIpc) is 2.55. The van der Waals surface area contributed by atoms with E-state index in [1.165, 1.54) is 0 Å². The molecule has 0 aliphatic carbocycles. The minimum Gasteiger partial charge on any atom is -0.394 e. The molecule has 2 heterocycles. The van der Waals surface area contributed by atoms with E-state index in [1.54, 1.807) is 0 Å². The van der Waals surface area contributed by atoms with Gasteiger partial charge >= 0.3 is 0 Å². The van der Waals surface area contributed by atoms with Gasteiger partial charge in [0.15, 0.2) is 5.84 Å². The Labute approximate surface area is 139 Å². The number of fused-ring (bicyclic) bond motifs is 1. The molecular formula is C17H17ClN4O. The normalized spacial score (nSPS) is 19.6. The quantitative estimate of drug-likeness (QED) is 0.890. The van der Waals surface area contributed by atoms with Crippen LogP contribution in [0.5, 0.6) is 0 Å². The number of nitrogens with one attached hydrogen (secondary N) is 1. The van der Waals surface area contributed by atoms with E-state index in [0.29, 0.717) is 5.02 Å². The zero-order chi connectivity index (χ0) is 15.8. The second-order valence-electron chi connectivity index (χ2n) is 5.69. The smallest absolute Gasteiger partial charge is 0.160 e. The van der Waals surface area contributed by atoms with Gasteiger partial charge in [0, 0.05) is 17.1 Å². The van der Waals surface area contributed by atoms with E-state index in [4.69, 9.17) is 11.6 Å². The van der Waals surface area contributed by atoms with Gasteiger partial charge in [0.1, 0.15) is 0 Å². The molecule has 2 N–H and O–H groups in total. The third-order valence-electron chi connectivity index (χ3n) is 4.34. The first-order chi connectivity index (χ1) is 11.3. The van der Waals surface area contributed by atoms with Crippen molar-refractivity contribution >= 4 is 28.8 Å². The van der Waals surface area contributed by atoms with E-state index in [0.717, 1.165) is 35.7 Å². The predicted molar refractivity (Wildman–Crippen MR) is 91.9 cm³/mol. The van der Waals surface area contributed by atoms with E-state index in [9.17, 15) is 5.11 Å². The lowest BCUT2D eigenvalue weighted by Crippen LogP contribution is -2.55. The zero-order valence-electron chi connectivity index (χ0n) is 12.5. The summed E-state index contributed by atoms with van der Waals surface area (Å²) in [6.45, 7) is 1.05. The van der Waals surface area contributed by atoms with Gasteiger partial charge in [0.05, 0.1) is 24.0 Å². The number of hydrogen-bond acceptors (Lipinski definition) is 5. The number of rotatable bonds is 2. The Hall–Kier alpha value is -2.24. The predicted octanol–water partition coefficient (Wildman–Crippen LogP) is 2.72. The molecule has 0 amide bonds. The van der Waals surface area contributed by atoms with Crippen molar-refractivity contribution in [1.82, 2.24) is 10.4 Å². The van der Waals surface area contributed by atoms with Crippen LogP contribution in [0, 0.1) is 0 Å². The lowest BCUT2D eigenvalue weighted by atomic mass is 10.0. The number of hydrazone groups is 1. The van der Waals surface area contributed by atoms with Crippen LogP contribution in [0.3, 0.4) is 0 Å². The number of benzene rings is 2. The minimum absolute atomic E-state index is 0.141. The molecule has 0 aromatic heterocycles. The van der Waals surface area contributed by atoms with Crippen LogP contribution >= 0.6 is 11.6 Å². The Morgan fingerprint density at radius 3 is 2.74 bits per heavy atom. The summed E-state index contributed by atoms with van der Waals surface area (Å²) in [7, 11) is 0. The number of hydrazine groups is 1. The lowest BCUT2D eigenvalue weighted by Gasteiger charge is -2.44. The summed E-state index contributed by atoms with van der Waals surface area (Å²) >= 11 is 6.21. The highest BCUT2D eigenvalue weighted by Crippen LogP contribution is 2.34. The fourth-order valence-electron chi connectivity index (χ4n) is 2.99. The molecule has 118 valence electrons. The van der Waals surface area contributed by atoms with Crippen LogP contribution in [0.4, 0.5) is 11.4 Å². The molecule has 2 aliphatic rings. The number of aliphatic hydroxyl groups excluding tert-OH is 1. The second kappa shape index (κ2) is 5.76. The maximum Gasteiger partial charge on any atom is 0.160 e. The summed E-state index contributed by atoms with van der Waals surface area (Å²) in [5, 5.41) is 16.6. The van der Waals surface area contributed by atoms with Crippen molar-refractivity contribution in [2.24, 2.45) is 5.10 Å². The summed E-state index contributed by atoms with van der Waals surface area (Å²) < 4.78 is 0. The molecule has 0 saturated carbocycles. The molecule has 2 aromatic carbocycles. The van der Waals surface area contributed by atoms with Crippen LogP contribution in [0.2, 0.25) is 5.02 Å². The van der Waals surface area contributed by atoms with Crippen molar-refractivity contribution in [2.45, 2.75) is 12.5 Å². The van der Waals surface area contributed by atoms with Gasteiger partial charge < -0.3 is 10.0 Å². The molecule has 4 rings (SSSR count). The molecule has 1 atom stereocenters. The maximum absolute atomic E-state index is 9.46. The van der Waals surface area contributed by atoms with Gasteiger partial charge in [0.25, 0.3) is 0 Å². The van der Waals surface area contributed by atoms with E-state index in [-0.39, 0.29) is 12.6 Å². The van der Waals surface area contributed by atoms with Gasteiger partial charge in [-0.2, -0.15) is 0 Å². The van der Waals surface area contributed by atoms with Crippen LogP contribution in [0.25, 0.3) is 0 Å². The molecule has 1 unspecified atom stereocenters. The van der Waals surface area contributed by atoms with Crippen LogP contribution in [0.1, 0.15) is 12.0 Å². The molecule has 0 radical (unpaired) electrons. The van der Waals surface area contributed by atoms with Crippen molar-refractivity contribution in [2.75, 3.05) is 18.2 Å². The zero-order valence-corrected chi connectivity index (χ0v) is 13.2. The van der Waals surface area contributed by atoms with Crippen LogP contribution in [0.15, 0.2) is 53.6 Å². The SMILES string of the molecule is OCC1CCN1C1=NNN(c2ccccc2)c2cc(Cl)ccc21. The molecule has 1 saturated heterocycles. The van der Waals surface area contributed by atoms with E-state index >= 15 is 0 Å². The average molecular weight is 329 g/mol. The van der Waals surface area contributed by atoms with Crippen molar-refractivity contribution in [3.8, 4) is 0 Å². The number of aliphatic hydroxyl groups is 1. The number of nitrogens with zero attached hydrogens (tertiary/aromatic N) is 3. The first kappa shape index (κ1) is 14.4. The summed E-state index contributed by atoms with van der Waals surface area (Å²) in [5.74, 6) is 0.856. The highest BCUT2D eigenvalue weighted by Gasteiger charge is 2.34. The van der Waals surface area contributed by atoms with Gasteiger partial charge in [0.2, 0.25) is 0 Å². The van der Waals surface area contributed by atoms with Gasteiger partial charge in [-0.15, -0.1) is 5.10 Å². The summed E-state index contributed by atoms with van der Waals surface area (Å²) in [4.78, 5) is 2.13. The fourth-order valence-corrected chi connectivity index (χ4v) is 3.16. The van der Waals surface area contributed by atoms with Crippen LogP contribution < -0.4 is 10.5 Å². The Balaban J connectivity index is 1.76. The fraction of sp³-hybridized carbons (Fsp3) is 0.235. The third-order valence-corrected chi connectivity index (χ3v) is 4.57. The molecule has 2 aromatic rings. The van der Waals surface area contributed by atoms with Gasteiger partial charge in [-0.25, -0.2) is 10.5 Å². The van der Waals surface area contributed by atoms with Gasteiger partial charge in [-0.05, 0) is 36.8 Å². The standard InChI is InChI=1S/C17H17ClN4O/c18-12-6-7-15-16(10-12)22(13-4-2-1-3-5-13)20-19-17(15)21-9-8-14(21)11-23/h1-7,10,14,20,23H,8-9,11H2. The Kier molecular flexibility index (Phi) is 3.59. The van der Waals surface area contributed by atoms with Crippen molar-refractivity contribution in [1.29, 1.82) is 0 Å². The highest BCUT2D eigenvalue weighted by molar-refractivity contribution is 6.31. The van der Waals surface area contributed by atoms with Crippen LogP contribution in [-0.2, 0) is 0 Å². The molecule has 1 fully saturated rings. The largest absolute Gasteiger partial charge is 0.394 e. The molecule has 0 bridgehead atoms. The Bertz CT molecular complexity index is 748. The van der Waals surface area contributed by atoms with Crippen LogP contribution in [-0.4, -0.2) is 35.0 Å². The van der Waals surface area contributed by atoms with Crippen molar-refractivity contribution in [3.63, 3.8) is 0 Å². The van der Waals surface area contributed by atoms with Gasteiger partial charge in [-0.1, -0.05) is 29.8 Å². The number of likely N-dealkylation sites (tertiary alicyclic amines) is 1. The number of halogens is 1. The second-order valence-corrected chi connectivity index (χ2v) is 6.12. The van der Waals surface area contributed by atoms with Crippen molar-refractivity contribution in [3.05, 3.63) is 59.1 Å². The first-order valence-corrected chi connectivity index (χ1v) is 8.01. The summed E-state index contributed by atoms with van der Waals surface area (Å²) in [6.07, 6.45) is 0.987. The highest BCUT2D eigenvalue weighted by atomic mass is 35.5. The van der Waals surface area contributed by atoms with E-state index in [2.05, 4.69) is 15.5 Å². The minimum atomic E-state index is 0.141. The molecule has 0 spiro atoms. The van der Waals surface area contributed by atoms with Crippen molar-refractivity contribution < 1.29 is 5.11 Å². The topological polar surface area (TPSA) is 51.1 Å². The summed E-state index contributed by atoms with van der Waals surface area (Å²) in [6, 6.07) is 15.9.